The van der Waals surface area contributed by atoms with E-state index < -0.39 is 0 Å². The predicted octanol–water partition coefficient (Wildman–Crippen LogP) is 2.78. The van der Waals surface area contributed by atoms with Gasteiger partial charge in [0, 0.05) is 19.2 Å². The molecule has 19 heavy (non-hydrogen) atoms. The monoisotopic (exact) mass is 263 g/mol. The molecule has 0 amide bonds. The molecule has 0 aromatic heterocycles. The third-order valence-corrected chi connectivity index (χ3v) is 3.74. The fourth-order valence-corrected chi connectivity index (χ4v) is 2.42. The van der Waals surface area contributed by atoms with Gasteiger partial charge in [0.25, 0.3) is 0 Å². The Balaban J connectivity index is 1.65. The maximum atomic E-state index is 5.62. The third-order valence-electron chi connectivity index (χ3n) is 3.74. The van der Waals surface area contributed by atoms with E-state index in [1.54, 1.807) is 7.11 Å². The molecule has 1 heterocycles. The molecule has 0 bridgehead atoms. The van der Waals surface area contributed by atoms with Crippen molar-refractivity contribution in [2.24, 2.45) is 0 Å². The minimum absolute atomic E-state index is 0.434. The molecule has 0 aliphatic carbocycles. The van der Waals surface area contributed by atoms with E-state index in [9.17, 15) is 0 Å². The van der Waals surface area contributed by atoms with Gasteiger partial charge in [-0.15, -0.1) is 0 Å². The highest BCUT2D eigenvalue weighted by molar-refractivity contribution is 5.27. The van der Waals surface area contributed by atoms with Crippen LogP contribution in [0.25, 0.3) is 0 Å². The Bertz CT molecular complexity index is 358. The van der Waals surface area contributed by atoms with Gasteiger partial charge in [-0.3, -0.25) is 0 Å². The summed E-state index contributed by atoms with van der Waals surface area (Å²) in [5.74, 6) is 0.924. The lowest BCUT2D eigenvalue weighted by Crippen LogP contribution is -2.33. The van der Waals surface area contributed by atoms with E-state index in [2.05, 4.69) is 24.4 Å². The van der Waals surface area contributed by atoms with E-state index >= 15 is 0 Å². The quantitative estimate of drug-likeness (QED) is 0.820. The van der Waals surface area contributed by atoms with Crippen molar-refractivity contribution in [3.05, 3.63) is 29.8 Å². The highest BCUT2D eigenvalue weighted by Crippen LogP contribution is 2.14. The molecule has 3 nitrogen and oxygen atoms in total. The summed E-state index contributed by atoms with van der Waals surface area (Å²) in [6.45, 7) is 4.18. The fourth-order valence-electron chi connectivity index (χ4n) is 2.42. The highest BCUT2D eigenvalue weighted by atomic mass is 16.5. The van der Waals surface area contributed by atoms with E-state index in [0.717, 1.165) is 31.7 Å². The second kappa shape index (κ2) is 7.51. The van der Waals surface area contributed by atoms with Gasteiger partial charge >= 0.3 is 0 Å². The summed E-state index contributed by atoms with van der Waals surface area (Å²) < 4.78 is 10.8. The predicted molar refractivity (Wildman–Crippen MR) is 77.8 cm³/mol. The van der Waals surface area contributed by atoms with Crippen molar-refractivity contribution < 1.29 is 9.47 Å². The van der Waals surface area contributed by atoms with Gasteiger partial charge in [-0.25, -0.2) is 0 Å². The third kappa shape index (κ3) is 4.84. The second-order valence-corrected chi connectivity index (χ2v) is 5.33. The lowest BCUT2D eigenvalue weighted by atomic mass is 10.1. The molecule has 1 saturated heterocycles. The zero-order valence-corrected chi connectivity index (χ0v) is 12.0. The van der Waals surface area contributed by atoms with Gasteiger partial charge in [-0.1, -0.05) is 12.1 Å². The first-order chi connectivity index (χ1) is 9.28. The number of methoxy groups -OCH3 is 1. The van der Waals surface area contributed by atoms with Crippen molar-refractivity contribution >= 4 is 0 Å². The van der Waals surface area contributed by atoms with Gasteiger partial charge in [0.15, 0.2) is 0 Å². The Kier molecular flexibility index (Phi) is 5.67. The number of hydrogen-bond donors (Lipinski definition) is 1. The zero-order valence-electron chi connectivity index (χ0n) is 12.0. The Morgan fingerprint density at radius 2 is 2.16 bits per heavy atom. The number of nitrogens with one attached hydrogen (secondary N) is 1. The second-order valence-electron chi connectivity index (χ2n) is 5.33. The molecule has 1 N–H and O–H groups in total. The highest BCUT2D eigenvalue weighted by Gasteiger charge is 2.15. The van der Waals surface area contributed by atoms with Crippen molar-refractivity contribution in [2.75, 3.05) is 20.3 Å². The van der Waals surface area contributed by atoms with E-state index in [1.807, 2.05) is 12.1 Å². The number of hydrogen-bond acceptors (Lipinski definition) is 3. The Hall–Kier alpha value is -1.06. The number of benzene rings is 1. The van der Waals surface area contributed by atoms with E-state index in [1.165, 1.54) is 18.4 Å². The van der Waals surface area contributed by atoms with Crippen LogP contribution in [0.4, 0.5) is 0 Å². The SMILES string of the molecule is COc1ccc(CC[C@H](C)NC[C@@H]2CCCO2)cc1. The Labute approximate surface area is 116 Å². The molecule has 1 aliphatic heterocycles. The normalized spacial score (nSPS) is 20.4. The number of aryl methyl sites for hydroxylation is 1. The number of ether oxygens (including phenoxy) is 2. The molecule has 0 spiro atoms. The van der Waals surface area contributed by atoms with Crippen LogP contribution in [0.3, 0.4) is 0 Å². The summed E-state index contributed by atoms with van der Waals surface area (Å²) in [6.07, 6.45) is 5.11. The maximum absolute atomic E-state index is 5.62. The molecule has 1 aromatic carbocycles. The van der Waals surface area contributed by atoms with Crippen molar-refractivity contribution in [1.82, 2.24) is 5.32 Å². The van der Waals surface area contributed by atoms with Crippen LogP contribution in [0.1, 0.15) is 31.7 Å². The fraction of sp³-hybridized carbons (Fsp3) is 0.625. The van der Waals surface area contributed by atoms with Crippen LogP contribution in [-0.2, 0) is 11.2 Å². The Morgan fingerprint density at radius 3 is 2.79 bits per heavy atom. The largest absolute Gasteiger partial charge is 0.497 e. The van der Waals surface area contributed by atoms with E-state index in [-0.39, 0.29) is 0 Å². The van der Waals surface area contributed by atoms with Crippen LogP contribution in [0, 0.1) is 0 Å². The molecule has 1 aliphatic rings. The zero-order chi connectivity index (χ0) is 13.5. The van der Waals surface area contributed by atoms with Crippen LogP contribution in [-0.4, -0.2) is 32.4 Å². The van der Waals surface area contributed by atoms with Crippen molar-refractivity contribution in [3.8, 4) is 5.75 Å². The molecule has 2 rings (SSSR count). The summed E-state index contributed by atoms with van der Waals surface area (Å²) >= 11 is 0. The minimum Gasteiger partial charge on any atom is -0.497 e. The van der Waals surface area contributed by atoms with Crippen LogP contribution in [0.15, 0.2) is 24.3 Å². The molecular formula is C16H25NO2. The van der Waals surface area contributed by atoms with Gasteiger partial charge in [-0.2, -0.15) is 0 Å². The summed E-state index contributed by atoms with van der Waals surface area (Å²) in [5, 5.41) is 3.57. The van der Waals surface area contributed by atoms with Crippen molar-refractivity contribution in [2.45, 2.75) is 44.8 Å². The summed E-state index contributed by atoms with van der Waals surface area (Å²) in [4.78, 5) is 0. The first-order valence-electron chi connectivity index (χ1n) is 7.26. The van der Waals surface area contributed by atoms with Gasteiger partial charge in [-0.05, 0) is 50.3 Å². The van der Waals surface area contributed by atoms with Gasteiger partial charge in [0.2, 0.25) is 0 Å². The first-order valence-corrected chi connectivity index (χ1v) is 7.26. The molecule has 2 atom stereocenters. The van der Waals surface area contributed by atoms with Gasteiger partial charge in [0.1, 0.15) is 5.75 Å². The average Bonchev–Trinajstić information content (AvgIpc) is 2.96. The standard InChI is InChI=1S/C16H25NO2/c1-13(17-12-16-4-3-11-19-16)5-6-14-7-9-15(18-2)10-8-14/h7-10,13,16-17H,3-6,11-12H2,1-2H3/t13-,16-/m0/s1. The molecule has 3 heteroatoms. The first kappa shape index (κ1) is 14.4. The molecule has 1 aromatic rings. The van der Waals surface area contributed by atoms with Crippen LogP contribution < -0.4 is 10.1 Å². The van der Waals surface area contributed by atoms with E-state index in [0.29, 0.717) is 12.1 Å². The molecule has 0 radical (unpaired) electrons. The number of rotatable bonds is 7. The van der Waals surface area contributed by atoms with Crippen molar-refractivity contribution in [3.63, 3.8) is 0 Å². The molecule has 1 fully saturated rings. The average molecular weight is 263 g/mol. The van der Waals surface area contributed by atoms with Gasteiger partial charge in [0.05, 0.1) is 13.2 Å². The molecule has 0 unspecified atom stereocenters. The summed E-state index contributed by atoms with van der Waals surface area (Å²) in [6, 6.07) is 8.88. The van der Waals surface area contributed by atoms with Crippen molar-refractivity contribution in [1.29, 1.82) is 0 Å². The molecule has 0 saturated carbocycles. The summed E-state index contributed by atoms with van der Waals surface area (Å²) in [7, 11) is 1.70. The Morgan fingerprint density at radius 1 is 1.37 bits per heavy atom. The topological polar surface area (TPSA) is 30.5 Å². The molecule has 106 valence electrons. The minimum atomic E-state index is 0.434. The van der Waals surface area contributed by atoms with Crippen LogP contribution in [0.2, 0.25) is 0 Å². The smallest absolute Gasteiger partial charge is 0.118 e. The summed E-state index contributed by atoms with van der Waals surface area (Å²) in [5.41, 5.74) is 1.37. The maximum Gasteiger partial charge on any atom is 0.118 e. The van der Waals surface area contributed by atoms with Crippen LogP contribution in [0.5, 0.6) is 5.75 Å². The van der Waals surface area contributed by atoms with Crippen LogP contribution >= 0.6 is 0 Å². The lowest BCUT2D eigenvalue weighted by molar-refractivity contribution is 0.107. The lowest BCUT2D eigenvalue weighted by Gasteiger charge is -2.17. The van der Waals surface area contributed by atoms with E-state index in [4.69, 9.17) is 9.47 Å². The molecular weight excluding hydrogens is 238 g/mol. The van der Waals surface area contributed by atoms with Gasteiger partial charge < -0.3 is 14.8 Å².